The van der Waals surface area contributed by atoms with E-state index in [-0.39, 0.29) is 0 Å². The first kappa shape index (κ1) is 14.9. The summed E-state index contributed by atoms with van der Waals surface area (Å²) in [6.45, 7) is 4.52. The van der Waals surface area contributed by atoms with Gasteiger partial charge in [0.2, 0.25) is 0 Å². The molecule has 1 aromatic rings. The predicted molar refractivity (Wildman–Crippen MR) is 89.3 cm³/mol. The van der Waals surface area contributed by atoms with Gasteiger partial charge in [-0.1, -0.05) is 40.5 Å². The van der Waals surface area contributed by atoms with Crippen molar-refractivity contribution in [2.45, 2.75) is 39.0 Å². The Morgan fingerprint density at radius 3 is 2.75 bits per heavy atom. The fraction of sp³-hybridized carbons (Fsp3) is 0.647. The van der Waals surface area contributed by atoms with Gasteiger partial charge in [0.25, 0.3) is 0 Å². The minimum atomic E-state index is 0.445. The van der Waals surface area contributed by atoms with Gasteiger partial charge in [0.1, 0.15) is 0 Å². The van der Waals surface area contributed by atoms with E-state index in [0.717, 1.165) is 40.8 Å². The van der Waals surface area contributed by atoms with Crippen LogP contribution in [0.25, 0.3) is 0 Å². The van der Waals surface area contributed by atoms with E-state index < -0.39 is 0 Å². The lowest BCUT2D eigenvalue weighted by molar-refractivity contribution is 0.249. The van der Waals surface area contributed by atoms with Crippen molar-refractivity contribution in [2.75, 3.05) is 13.1 Å². The lowest BCUT2D eigenvalue weighted by Crippen LogP contribution is -2.35. The fourth-order valence-corrected chi connectivity index (χ4v) is 4.70. The summed E-state index contributed by atoms with van der Waals surface area (Å²) < 4.78 is 1.07. The molecule has 0 saturated heterocycles. The van der Waals surface area contributed by atoms with Crippen molar-refractivity contribution in [2.24, 2.45) is 17.3 Å². The molecule has 2 aliphatic rings. The van der Waals surface area contributed by atoms with E-state index in [4.69, 9.17) is 11.6 Å². The second-order valence-corrected chi connectivity index (χ2v) is 8.08. The molecule has 1 N–H and O–H groups in total. The summed E-state index contributed by atoms with van der Waals surface area (Å²) >= 11 is 9.92. The van der Waals surface area contributed by atoms with Gasteiger partial charge in [0, 0.05) is 16.0 Å². The van der Waals surface area contributed by atoms with Crippen LogP contribution in [0.4, 0.5) is 0 Å². The molecule has 0 amide bonds. The van der Waals surface area contributed by atoms with Gasteiger partial charge in [0.15, 0.2) is 0 Å². The van der Waals surface area contributed by atoms with Crippen LogP contribution in [0.1, 0.15) is 38.2 Å². The van der Waals surface area contributed by atoms with Crippen LogP contribution in [0.3, 0.4) is 0 Å². The largest absolute Gasteiger partial charge is 0.316 e. The van der Waals surface area contributed by atoms with E-state index in [1.54, 1.807) is 0 Å². The van der Waals surface area contributed by atoms with E-state index in [1.807, 2.05) is 6.07 Å². The quantitative estimate of drug-likeness (QED) is 0.702. The third kappa shape index (κ3) is 3.23. The molecule has 110 valence electrons. The summed E-state index contributed by atoms with van der Waals surface area (Å²) in [5, 5.41) is 4.57. The first-order valence-corrected chi connectivity index (χ1v) is 8.94. The summed E-state index contributed by atoms with van der Waals surface area (Å²) in [5.41, 5.74) is 1.76. The molecule has 2 unspecified atom stereocenters. The van der Waals surface area contributed by atoms with Crippen molar-refractivity contribution in [1.29, 1.82) is 0 Å². The molecule has 2 fully saturated rings. The number of rotatable bonds is 6. The zero-order valence-corrected chi connectivity index (χ0v) is 14.4. The molecule has 0 spiro atoms. The highest BCUT2D eigenvalue weighted by atomic mass is 79.9. The van der Waals surface area contributed by atoms with Crippen molar-refractivity contribution >= 4 is 27.5 Å². The lowest BCUT2D eigenvalue weighted by atomic mass is 9.77. The van der Waals surface area contributed by atoms with E-state index in [1.165, 1.54) is 31.2 Å². The molecule has 1 nitrogen and oxygen atoms in total. The zero-order valence-electron chi connectivity index (χ0n) is 12.1. The predicted octanol–water partition coefficient (Wildman–Crippen LogP) is 5.06. The average Bonchev–Trinajstić information content (AvgIpc) is 3.02. The Balaban J connectivity index is 1.72. The Bertz CT molecular complexity index is 478. The van der Waals surface area contributed by atoms with Gasteiger partial charge in [-0.25, -0.2) is 0 Å². The highest BCUT2D eigenvalue weighted by Crippen LogP contribution is 2.60. The Hall–Kier alpha value is -0.0500. The van der Waals surface area contributed by atoms with Crippen molar-refractivity contribution in [3.05, 3.63) is 33.3 Å². The molecule has 0 aliphatic heterocycles. The number of halogens is 2. The summed E-state index contributed by atoms with van der Waals surface area (Å²) in [7, 11) is 0. The molecular weight excluding hydrogens is 334 g/mol. The molecule has 3 rings (SSSR count). The third-order valence-electron chi connectivity index (χ3n) is 4.97. The first-order valence-electron chi connectivity index (χ1n) is 7.76. The number of hydrogen-bond acceptors (Lipinski definition) is 1. The van der Waals surface area contributed by atoms with Crippen molar-refractivity contribution in [3.8, 4) is 0 Å². The molecule has 0 radical (unpaired) electrons. The molecule has 0 heterocycles. The zero-order chi connectivity index (χ0) is 14.2. The molecule has 1 aromatic carbocycles. The van der Waals surface area contributed by atoms with Crippen molar-refractivity contribution in [1.82, 2.24) is 5.32 Å². The van der Waals surface area contributed by atoms with Crippen LogP contribution in [0.5, 0.6) is 0 Å². The molecule has 2 saturated carbocycles. The summed E-state index contributed by atoms with van der Waals surface area (Å²) in [5.74, 6) is 2.01. The maximum atomic E-state index is 6.43. The maximum absolute atomic E-state index is 6.43. The second-order valence-electron chi connectivity index (χ2n) is 6.75. The molecule has 3 heteroatoms. The van der Waals surface area contributed by atoms with Crippen LogP contribution in [0, 0.1) is 17.3 Å². The van der Waals surface area contributed by atoms with Crippen LogP contribution in [0.15, 0.2) is 22.7 Å². The SMILES string of the molecule is CCCNCC1(Cc2ccc(Br)cc2Cl)CC2CC2C1. The third-order valence-corrected chi connectivity index (χ3v) is 5.81. The monoisotopic (exact) mass is 355 g/mol. The van der Waals surface area contributed by atoms with Gasteiger partial charge in [0.05, 0.1) is 0 Å². The standard InChI is InChI=1S/C17H23BrClN/c1-2-5-20-11-17(9-13-6-14(13)10-17)8-12-3-4-15(18)7-16(12)19/h3-4,7,13-14,20H,2,5-6,8-11H2,1H3. The topological polar surface area (TPSA) is 12.0 Å². The van der Waals surface area contributed by atoms with Crippen LogP contribution in [-0.4, -0.2) is 13.1 Å². The summed E-state index contributed by atoms with van der Waals surface area (Å²) in [4.78, 5) is 0. The lowest BCUT2D eigenvalue weighted by Gasteiger charge is -2.32. The normalized spacial score (nSPS) is 31.4. The van der Waals surface area contributed by atoms with Gasteiger partial charge < -0.3 is 5.32 Å². The second kappa shape index (κ2) is 5.98. The molecule has 0 bridgehead atoms. The molecule has 20 heavy (non-hydrogen) atoms. The van der Waals surface area contributed by atoms with Gasteiger partial charge in [-0.3, -0.25) is 0 Å². The van der Waals surface area contributed by atoms with E-state index in [2.05, 4.69) is 40.3 Å². The minimum absolute atomic E-state index is 0.445. The Morgan fingerprint density at radius 2 is 2.10 bits per heavy atom. The van der Waals surface area contributed by atoms with E-state index in [9.17, 15) is 0 Å². The van der Waals surface area contributed by atoms with Gasteiger partial charge in [-0.05, 0) is 73.6 Å². The number of hydrogen-bond donors (Lipinski definition) is 1. The Morgan fingerprint density at radius 1 is 1.35 bits per heavy atom. The maximum Gasteiger partial charge on any atom is 0.0449 e. The summed E-state index contributed by atoms with van der Waals surface area (Å²) in [6, 6.07) is 6.34. The summed E-state index contributed by atoms with van der Waals surface area (Å²) in [6.07, 6.45) is 6.59. The van der Waals surface area contributed by atoms with Crippen LogP contribution in [-0.2, 0) is 6.42 Å². The Labute approximate surface area is 135 Å². The van der Waals surface area contributed by atoms with Gasteiger partial charge >= 0.3 is 0 Å². The minimum Gasteiger partial charge on any atom is -0.316 e. The van der Waals surface area contributed by atoms with E-state index in [0.29, 0.717) is 5.41 Å². The highest BCUT2D eigenvalue weighted by Gasteiger charge is 2.53. The van der Waals surface area contributed by atoms with Crippen LogP contribution < -0.4 is 5.32 Å². The van der Waals surface area contributed by atoms with Gasteiger partial charge in [-0.2, -0.15) is 0 Å². The highest BCUT2D eigenvalue weighted by molar-refractivity contribution is 9.10. The Kier molecular flexibility index (Phi) is 4.45. The van der Waals surface area contributed by atoms with Crippen LogP contribution >= 0.6 is 27.5 Å². The van der Waals surface area contributed by atoms with Crippen molar-refractivity contribution in [3.63, 3.8) is 0 Å². The molecule has 2 atom stereocenters. The number of fused-ring (bicyclic) bond motifs is 1. The fourth-order valence-electron chi connectivity index (χ4n) is 3.96. The van der Waals surface area contributed by atoms with E-state index >= 15 is 0 Å². The van der Waals surface area contributed by atoms with Gasteiger partial charge in [-0.15, -0.1) is 0 Å². The smallest absolute Gasteiger partial charge is 0.0449 e. The average molecular weight is 357 g/mol. The molecular formula is C17H23BrClN. The van der Waals surface area contributed by atoms with Crippen molar-refractivity contribution < 1.29 is 0 Å². The molecule has 0 aromatic heterocycles. The number of benzene rings is 1. The number of nitrogens with one attached hydrogen (secondary N) is 1. The van der Waals surface area contributed by atoms with Crippen LogP contribution in [0.2, 0.25) is 5.02 Å². The molecule has 2 aliphatic carbocycles. The first-order chi connectivity index (χ1) is 9.62.